The molecule has 0 bridgehead atoms. The van der Waals surface area contributed by atoms with Crippen molar-refractivity contribution in [3.63, 3.8) is 0 Å². The average molecular weight is 354 g/mol. The maximum Gasteiger partial charge on any atom is 0.243 e. The monoisotopic (exact) mass is 354 g/mol. The second-order valence-corrected chi connectivity index (χ2v) is 6.64. The van der Waals surface area contributed by atoms with E-state index in [1.165, 1.54) is 5.56 Å². The minimum absolute atomic E-state index is 0.0952. The molecule has 2 aromatic carbocycles. The van der Waals surface area contributed by atoms with Crippen LogP contribution in [0.15, 0.2) is 42.5 Å². The number of nitrogens with one attached hydrogen (secondary N) is 2. The normalized spacial score (nSPS) is 16.3. The van der Waals surface area contributed by atoms with Crippen LogP contribution in [0.3, 0.4) is 0 Å². The fourth-order valence-electron chi connectivity index (χ4n) is 2.90. The van der Waals surface area contributed by atoms with Crippen molar-refractivity contribution in [1.82, 2.24) is 0 Å². The van der Waals surface area contributed by atoms with Crippen molar-refractivity contribution < 1.29 is 14.3 Å². The lowest BCUT2D eigenvalue weighted by Crippen LogP contribution is -2.22. The van der Waals surface area contributed by atoms with Gasteiger partial charge in [-0.25, -0.2) is 0 Å². The van der Waals surface area contributed by atoms with Crippen LogP contribution in [0.1, 0.15) is 24.0 Å². The Kier molecular flexibility index (Phi) is 6.12. The smallest absolute Gasteiger partial charge is 0.243 e. The van der Waals surface area contributed by atoms with Gasteiger partial charge in [-0.2, -0.15) is 0 Å². The number of aryl methyl sites for hydroxylation is 2. The first-order valence-electron chi connectivity index (χ1n) is 9.06. The molecule has 1 saturated heterocycles. The van der Waals surface area contributed by atoms with E-state index in [0.29, 0.717) is 6.61 Å². The van der Waals surface area contributed by atoms with Crippen LogP contribution in [0.2, 0.25) is 0 Å². The lowest BCUT2D eigenvalue weighted by molar-refractivity contribution is -0.114. The van der Waals surface area contributed by atoms with Gasteiger partial charge in [0.1, 0.15) is 12.4 Å². The van der Waals surface area contributed by atoms with Gasteiger partial charge in [-0.1, -0.05) is 18.2 Å². The van der Waals surface area contributed by atoms with E-state index in [0.717, 1.165) is 42.1 Å². The summed E-state index contributed by atoms with van der Waals surface area (Å²) < 4.78 is 11.5. The van der Waals surface area contributed by atoms with Gasteiger partial charge in [0.15, 0.2) is 0 Å². The summed E-state index contributed by atoms with van der Waals surface area (Å²) in [5, 5.41) is 6.07. The molecule has 1 fully saturated rings. The largest absolute Gasteiger partial charge is 0.489 e. The van der Waals surface area contributed by atoms with Gasteiger partial charge in [-0.15, -0.1) is 0 Å². The van der Waals surface area contributed by atoms with E-state index in [2.05, 4.69) is 17.6 Å². The minimum atomic E-state index is -0.0952. The van der Waals surface area contributed by atoms with Crippen molar-refractivity contribution in [2.75, 3.05) is 30.4 Å². The Bertz CT molecular complexity index is 755. The van der Waals surface area contributed by atoms with Crippen molar-refractivity contribution in [2.45, 2.75) is 32.8 Å². The van der Waals surface area contributed by atoms with Gasteiger partial charge in [-0.05, 0) is 62.1 Å². The summed E-state index contributed by atoms with van der Waals surface area (Å²) in [6.07, 6.45) is 2.29. The maximum absolute atomic E-state index is 12.2. The summed E-state index contributed by atoms with van der Waals surface area (Å²) in [4.78, 5) is 12.2. The van der Waals surface area contributed by atoms with Crippen molar-refractivity contribution in [2.24, 2.45) is 0 Å². The number of carbonyl (C=O) groups is 1. The molecule has 2 N–H and O–H groups in total. The summed E-state index contributed by atoms with van der Waals surface area (Å²) in [5.41, 5.74) is 3.98. The molecule has 3 rings (SSSR count). The van der Waals surface area contributed by atoms with Crippen LogP contribution in [0, 0.1) is 13.8 Å². The second kappa shape index (κ2) is 8.72. The molecule has 1 atom stereocenters. The van der Waals surface area contributed by atoms with Crippen LogP contribution in [-0.4, -0.2) is 31.8 Å². The Morgan fingerprint density at radius 2 is 2.04 bits per heavy atom. The van der Waals surface area contributed by atoms with Gasteiger partial charge >= 0.3 is 0 Å². The van der Waals surface area contributed by atoms with Gasteiger partial charge < -0.3 is 20.1 Å². The van der Waals surface area contributed by atoms with Crippen LogP contribution in [0.4, 0.5) is 11.4 Å². The van der Waals surface area contributed by atoms with E-state index in [1.807, 2.05) is 49.4 Å². The molecule has 0 aliphatic carbocycles. The number of anilines is 2. The standard InChI is InChI=1S/C21H26N2O3/c1-15-9-10-17(12-16(15)2)23-21(24)13-22-19-7-3-4-8-20(19)26-14-18-6-5-11-25-18/h3-4,7-10,12,18,22H,5-6,11,13-14H2,1-2H3,(H,23,24). The molecule has 1 amide bonds. The number of carbonyl (C=O) groups excluding carboxylic acids is 1. The van der Waals surface area contributed by atoms with E-state index in [-0.39, 0.29) is 18.6 Å². The number of hydrogen-bond acceptors (Lipinski definition) is 4. The molecule has 26 heavy (non-hydrogen) atoms. The molecule has 138 valence electrons. The lowest BCUT2D eigenvalue weighted by Gasteiger charge is -2.15. The summed E-state index contributed by atoms with van der Waals surface area (Å²) in [7, 11) is 0. The Morgan fingerprint density at radius 3 is 2.81 bits per heavy atom. The summed E-state index contributed by atoms with van der Waals surface area (Å²) in [5.74, 6) is 0.643. The highest BCUT2D eigenvalue weighted by molar-refractivity contribution is 5.94. The Labute approximate surface area is 154 Å². The molecule has 1 unspecified atom stereocenters. The van der Waals surface area contributed by atoms with Gasteiger partial charge in [0.2, 0.25) is 5.91 Å². The highest BCUT2D eigenvalue weighted by Crippen LogP contribution is 2.25. The van der Waals surface area contributed by atoms with Crippen molar-refractivity contribution >= 4 is 17.3 Å². The van der Waals surface area contributed by atoms with Crippen molar-refractivity contribution in [3.8, 4) is 5.75 Å². The van der Waals surface area contributed by atoms with E-state index in [9.17, 15) is 4.79 Å². The fourth-order valence-corrected chi connectivity index (χ4v) is 2.90. The third-order valence-corrected chi connectivity index (χ3v) is 4.57. The maximum atomic E-state index is 12.2. The van der Waals surface area contributed by atoms with E-state index >= 15 is 0 Å². The van der Waals surface area contributed by atoms with E-state index < -0.39 is 0 Å². The van der Waals surface area contributed by atoms with Gasteiger partial charge in [0, 0.05) is 12.3 Å². The highest BCUT2D eigenvalue weighted by atomic mass is 16.5. The highest BCUT2D eigenvalue weighted by Gasteiger charge is 2.16. The van der Waals surface area contributed by atoms with Crippen molar-refractivity contribution in [1.29, 1.82) is 0 Å². The summed E-state index contributed by atoms with van der Waals surface area (Å²) in [6, 6.07) is 13.6. The first-order valence-corrected chi connectivity index (χ1v) is 9.06. The topological polar surface area (TPSA) is 59.6 Å². The van der Waals surface area contributed by atoms with Crippen LogP contribution < -0.4 is 15.4 Å². The van der Waals surface area contributed by atoms with E-state index in [1.54, 1.807) is 0 Å². The zero-order chi connectivity index (χ0) is 18.4. The third-order valence-electron chi connectivity index (χ3n) is 4.57. The molecule has 0 radical (unpaired) electrons. The molecule has 0 spiro atoms. The minimum Gasteiger partial charge on any atom is -0.489 e. The molecule has 0 saturated carbocycles. The molecular formula is C21H26N2O3. The quantitative estimate of drug-likeness (QED) is 0.791. The Balaban J connectivity index is 1.53. The number of ether oxygens (including phenoxy) is 2. The van der Waals surface area contributed by atoms with Crippen LogP contribution in [0.25, 0.3) is 0 Å². The Hall–Kier alpha value is -2.53. The number of rotatable bonds is 7. The number of benzene rings is 2. The predicted octanol–water partition coefficient (Wildman–Crippen LogP) is 3.91. The van der Waals surface area contributed by atoms with Crippen LogP contribution >= 0.6 is 0 Å². The van der Waals surface area contributed by atoms with Crippen LogP contribution in [0.5, 0.6) is 5.75 Å². The average Bonchev–Trinajstić information content (AvgIpc) is 3.15. The SMILES string of the molecule is Cc1ccc(NC(=O)CNc2ccccc2OCC2CCCO2)cc1C. The first-order chi connectivity index (χ1) is 12.6. The van der Waals surface area contributed by atoms with Gasteiger partial charge in [-0.3, -0.25) is 4.79 Å². The van der Waals surface area contributed by atoms with Gasteiger partial charge in [0.05, 0.1) is 18.3 Å². The Morgan fingerprint density at radius 1 is 1.19 bits per heavy atom. The third kappa shape index (κ3) is 4.99. The number of hydrogen-bond donors (Lipinski definition) is 2. The second-order valence-electron chi connectivity index (χ2n) is 6.64. The first kappa shape index (κ1) is 18.3. The lowest BCUT2D eigenvalue weighted by atomic mass is 10.1. The zero-order valence-corrected chi connectivity index (χ0v) is 15.4. The zero-order valence-electron chi connectivity index (χ0n) is 15.4. The molecule has 1 heterocycles. The molecule has 1 aliphatic heterocycles. The molecule has 0 aromatic heterocycles. The summed E-state index contributed by atoms with van der Waals surface area (Å²) in [6.45, 7) is 5.61. The molecule has 5 heteroatoms. The summed E-state index contributed by atoms with van der Waals surface area (Å²) >= 11 is 0. The molecule has 2 aromatic rings. The number of amides is 1. The van der Waals surface area contributed by atoms with Gasteiger partial charge in [0.25, 0.3) is 0 Å². The molecule has 5 nitrogen and oxygen atoms in total. The van der Waals surface area contributed by atoms with Crippen molar-refractivity contribution in [3.05, 3.63) is 53.6 Å². The number of para-hydroxylation sites is 2. The molecular weight excluding hydrogens is 328 g/mol. The van der Waals surface area contributed by atoms with Crippen LogP contribution in [-0.2, 0) is 9.53 Å². The molecule has 1 aliphatic rings. The van der Waals surface area contributed by atoms with E-state index in [4.69, 9.17) is 9.47 Å². The predicted molar refractivity (Wildman–Crippen MR) is 104 cm³/mol. The fraction of sp³-hybridized carbons (Fsp3) is 0.381.